The van der Waals surface area contributed by atoms with Crippen molar-refractivity contribution in [1.82, 2.24) is 0 Å². The average molecular weight is 453 g/mol. The molecule has 1 aromatic carbocycles. The zero-order valence-electron chi connectivity index (χ0n) is 19.0. The Balaban J connectivity index is 2.83. The van der Waals surface area contributed by atoms with Crippen LogP contribution in [0.15, 0.2) is 18.2 Å². The Morgan fingerprint density at radius 1 is 0.875 bits per heavy atom. The first-order valence-electron chi connectivity index (χ1n) is 10.4. The van der Waals surface area contributed by atoms with Gasteiger partial charge in [0.05, 0.1) is 6.61 Å². The lowest BCUT2D eigenvalue weighted by atomic mass is 10.1. The molecule has 10 nitrogen and oxygen atoms in total. The quantitative estimate of drug-likeness (QED) is 0.393. The molecule has 178 valence electrons. The largest absolute Gasteiger partial charge is 0.508 e. The van der Waals surface area contributed by atoms with Gasteiger partial charge in [0.25, 0.3) is 0 Å². The SMILES string of the molecule is CCOC(=O)OC(C)[C@H](C)OC(=O)[C@@H](N)Cc1ccc(OC(=O)CC)c(OC(=O)CC)c1. The predicted molar refractivity (Wildman–Crippen MR) is 113 cm³/mol. The summed E-state index contributed by atoms with van der Waals surface area (Å²) in [5.74, 6) is -1.55. The van der Waals surface area contributed by atoms with E-state index in [-0.39, 0.29) is 37.4 Å². The fourth-order valence-corrected chi connectivity index (χ4v) is 2.34. The molecule has 3 atom stereocenters. The first-order chi connectivity index (χ1) is 15.1. The molecule has 0 saturated carbocycles. The maximum absolute atomic E-state index is 12.4. The number of hydrogen-bond donors (Lipinski definition) is 1. The fourth-order valence-electron chi connectivity index (χ4n) is 2.34. The summed E-state index contributed by atoms with van der Waals surface area (Å²) in [7, 11) is 0. The lowest BCUT2D eigenvalue weighted by molar-refractivity contribution is -0.155. The second kappa shape index (κ2) is 13.3. The highest BCUT2D eigenvalue weighted by atomic mass is 16.7. The van der Waals surface area contributed by atoms with Gasteiger partial charge in [-0.2, -0.15) is 0 Å². The summed E-state index contributed by atoms with van der Waals surface area (Å²) < 4.78 is 25.4. The van der Waals surface area contributed by atoms with Crippen LogP contribution >= 0.6 is 0 Å². The number of carbonyl (C=O) groups is 4. The van der Waals surface area contributed by atoms with E-state index in [9.17, 15) is 19.2 Å². The number of ether oxygens (including phenoxy) is 5. The molecule has 10 heteroatoms. The maximum atomic E-state index is 12.4. The maximum Gasteiger partial charge on any atom is 0.508 e. The molecule has 0 aliphatic carbocycles. The van der Waals surface area contributed by atoms with Crippen LogP contribution in [0, 0.1) is 0 Å². The molecule has 0 aliphatic heterocycles. The molecule has 0 aliphatic rings. The van der Waals surface area contributed by atoms with Crippen molar-refractivity contribution in [2.75, 3.05) is 6.61 Å². The second-order valence-corrected chi connectivity index (χ2v) is 6.89. The Morgan fingerprint density at radius 2 is 1.44 bits per heavy atom. The molecule has 1 rings (SSSR count). The van der Waals surface area contributed by atoms with E-state index in [1.54, 1.807) is 40.7 Å². The van der Waals surface area contributed by atoms with Crippen molar-refractivity contribution >= 4 is 24.1 Å². The number of rotatable bonds is 11. The van der Waals surface area contributed by atoms with Crippen molar-refractivity contribution in [3.05, 3.63) is 23.8 Å². The van der Waals surface area contributed by atoms with Crippen LogP contribution in [0.2, 0.25) is 0 Å². The highest BCUT2D eigenvalue weighted by molar-refractivity contribution is 5.77. The van der Waals surface area contributed by atoms with E-state index >= 15 is 0 Å². The summed E-state index contributed by atoms with van der Waals surface area (Å²) in [6, 6.07) is 3.52. The van der Waals surface area contributed by atoms with Crippen molar-refractivity contribution in [3.63, 3.8) is 0 Å². The van der Waals surface area contributed by atoms with Crippen LogP contribution < -0.4 is 15.2 Å². The summed E-state index contributed by atoms with van der Waals surface area (Å²) in [6.07, 6.45) is -2.01. The molecule has 32 heavy (non-hydrogen) atoms. The topological polar surface area (TPSA) is 140 Å². The number of nitrogens with two attached hydrogens (primary N) is 1. The smallest absolute Gasteiger partial charge is 0.458 e. The summed E-state index contributed by atoms with van der Waals surface area (Å²) in [5, 5.41) is 0. The van der Waals surface area contributed by atoms with E-state index in [2.05, 4.69) is 4.74 Å². The minimum absolute atomic E-state index is 0.0570. The standard InChI is InChI=1S/C22H31NO9/c1-6-19(24)31-17-10-9-15(12-18(17)32-20(25)7-2)11-16(23)21(26)29-13(4)14(5)30-22(27)28-8-3/h9-10,12-14,16H,6-8,11,23H2,1-5H3/t13-,14?,16-/m0/s1. The molecule has 1 aromatic rings. The van der Waals surface area contributed by atoms with Gasteiger partial charge in [0.15, 0.2) is 11.5 Å². The lowest BCUT2D eigenvalue weighted by Gasteiger charge is -2.22. The molecular weight excluding hydrogens is 422 g/mol. The minimum Gasteiger partial charge on any atom is -0.458 e. The lowest BCUT2D eigenvalue weighted by Crippen LogP contribution is -2.39. The Hall–Kier alpha value is -3.14. The van der Waals surface area contributed by atoms with Crippen molar-refractivity contribution in [2.24, 2.45) is 5.73 Å². The molecule has 0 amide bonds. The Morgan fingerprint density at radius 3 is 2.00 bits per heavy atom. The molecule has 1 unspecified atom stereocenters. The van der Waals surface area contributed by atoms with Gasteiger partial charge >= 0.3 is 24.1 Å². The van der Waals surface area contributed by atoms with Gasteiger partial charge in [-0.05, 0) is 44.9 Å². The van der Waals surface area contributed by atoms with E-state index in [1.807, 2.05) is 0 Å². The molecule has 0 bridgehead atoms. The highest BCUT2D eigenvalue weighted by Gasteiger charge is 2.25. The first kappa shape index (κ1) is 26.9. The van der Waals surface area contributed by atoms with E-state index in [0.29, 0.717) is 5.56 Å². The number of benzene rings is 1. The fraction of sp³-hybridized carbons (Fsp3) is 0.545. The number of hydrogen-bond acceptors (Lipinski definition) is 10. The molecule has 0 saturated heterocycles. The van der Waals surface area contributed by atoms with Gasteiger partial charge in [-0.3, -0.25) is 14.4 Å². The summed E-state index contributed by atoms with van der Waals surface area (Å²) in [5.41, 5.74) is 6.53. The van der Waals surface area contributed by atoms with Crippen LogP contribution in [0.1, 0.15) is 53.0 Å². The van der Waals surface area contributed by atoms with Crippen molar-refractivity contribution < 1.29 is 42.9 Å². The van der Waals surface area contributed by atoms with E-state index < -0.39 is 42.3 Å². The second-order valence-electron chi connectivity index (χ2n) is 6.89. The van der Waals surface area contributed by atoms with E-state index in [1.165, 1.54) is 12.1 Å². The van der Waals surface area contributed by atoms with Crippen LogP contribution in [0.4, 0.5) is 4.79 Å². The molecule has 0 spiro atoms. The van der Waals surface area contributed by atoms with Crippen LogP contribution in [0.25, 0.3) is 0 Å². The first-order valence-corrected chi connectivity index (χ1v) is 10.4. The van der Waals surface area contributed by atoms with Gasteiger partial charge in [-0.25, -0.2) is 4.79 Å². The normalized spacial score (nSPS) is 13.3. The molecular formula is C22H31NO9. The molecule has 0 heterocycles. The minimum atomic E-state index is -1.04. The van der Waals surface area contributed by atoms with Crippen LogP contribution in [0.5, 0.6) is 11.5 Å². The van der Waals surface area contributed by atoms with Gasteiger partial charge < -0.3 is 29.4 Å². The Kier molecular flexibility index (Phi) is 11.2. The Labute approximate surface area is 187 Å². The van der Waals surface area contributed by atoms with Crippen molar-refractivity contribution in [1.29, 1.82) is 0 Å². The van der Waals surface area contributed by atoms with Crippen molar-refractivity contribution in [2.45, 2.75) is 72.1 Å². The average Bonchev–Trinajstić information content (AvgIpc) is 2.75. The Bertz CT molecular complexity index is 809. The van der Waals surface area contributed by atoms with Crippen LogP contribution in [-0.2, 0) is 35.0 Å². The van der Waals surface area contributed by atoms with Gasteiger partial charge in [0, 0.05) is 12.8 Å². The molecule has 0 fully saturated rings. The van der Waals surface area contributed by atoms with Gasteiger partial charge in [0.2, 0.25) is 0 Å². The predicted octanol–water partition coefficient (Wildman–Crippen LogP) is 2.68. The monoisotopic (exact) mass is 453 g/mol. The van der Waals surface area contributed by atoms with Crippen molar-refractivity contribution in [3.8, 4) is 11.5 Å². The third-order valence-corrected chi connectivity index (χ3v) is 4.30. The molecule has 0 radical (unpaired) electrons. The van der Waals surface area contributed by atoms with E-state index in [0.717, 1.165) is 0 Å². The number of esters is 3. The van der Waals surface area contributed by atoms with Crippen LogP contribution in [-0.4, -0.2) is 48.9 Å². The zero-order valence-corrected chi connectivity index (χ0v) is 19.0. The summed E-state index contributed by atoms with van der Waals surface area (Å²) in [6.45, 7) is 8.20. The third-order valence-electron chi connectivity index (χ3n) is 4.30. The zero-order chi connectivity index (χ0) is 24.3. The summed E-state index contributed by atoms with van der Waals surface area (Å²) >= 11 is 0. The highest BCUT2D eigenvalue weighted by Crippen LogP contribution is 2.30. The molecule has 2 N–H and O–H groups in total. The van der Waals surface area contributed by atoms with E-state index in [4.69, 9.17) is 24.7 Å². The summed E-state index contributed by atoms with van der Waals surface area (Å²) in [4.78, 5) is 47.1. The van der Waals surface area contributed by atoms with Gasteiger partial charge in [0.1, 0.15) is 18.2 Å². The number of carbonyl (C=O) groups excluding carboxylic acids is 4. The molecule has 0 aromatic heterocycles. The third kappa shape index (κ3) is 8.93. The van der Waals surface area contributed by atoms with Crippen LogP contribution in [0.3, 0.4) is 0 Å². The van der Waals surface area contributed by atoms with Gasteiger partial charge in [-0.1, -0.05) is 19.9 Å². The van der Waals surface area contributed by atoms with Gasteiger partial charge in [-0.15, -0.1) is 0 Å².